The smallest absolute Gasteiger partial charge is 0.233 e. The summed E-state index contributed by atoms with van der Waals surface area (Å²) in [4.78, 5) is 19.4. The molecule has 0 bridgehead atoms. The van der Waals surface area contributed by atoms with Gasteiger partial charge in [0.15, 0.2) is 5.82 Å². The van der Waals surface area contributed by atoms with E-state index in [9.17, 15) is 13.2 Å². The number of rotatable bonds is 8. The molecular formula is C22H28N4O4S. The van der Waals surface area contributed by atoms with Crippen molar-refractivity contribution in [3.05, 3.63) is 47.6 Å². The number of aromatic nitrogens is 2. The third-order valence-corrected chi connectivity index (χ3v) is 8.30. The molecule has 31 heavy (non-hydrogen) atoms. The molecule has 0 atom stereocenters. The first kappa shape index (κ1) is 20.6. The minimum absolute atomic E-state index is 0.117. The highest BCUT2D eigenvalue weighted by Crippen LogP contribution is 2.50. The van der Waals surface area contributed by atoms with Crippen LogP contribution in [0, 0.1) is 0 Å². The minimum Gasteiger partial charge on any atom is -0.339 e. The minimum atomic E-state index is -3.41. The highest BCUT2D eigenvalue weighted by atomic mass is 32.2. The van der Waals surface area contributed by atoms with Gasteiger partial charge in [-0.1, -0.05) is 41.9 Å². The Morgan fingerprint density at radius 1 is 1.23 bits per heavy atom. The Balaban J connectivity index is 1.20. The van der Waals surface area contributed by atoms with Crippen molar-refractivity contribution in [3.63, 3.8) is 0 Å². The number of hydrogen-bond acceptors (Lipinski definition) is 6. The molecule has 3 aliphatic rings. The fourth-order valence-electron chi connectivity index (χ4n) is 4.63. The van der Waals surface area contributed by atoms with Crippen molar-refractivity contribution in [1.29, 1.82) is 0 Å². The van der Waals surface area contributed by atoms with Crippen LogP contribution < -0.4 is 0 Å². The van der Waals surface area contributed by atoms with Crippen molar-refractivity contribution >= 4 is 15.9 Å². The van der Waals surface area contributed by atoms with E-state index < -0.39 is 15.4 Å². The molecule has 8 nitrogen and oxygen atoms in total. The lowest BCUT2D eigenvalue weighted by molar-refractivity contribution is -0.140. The van der Waals surface area contributed by atoms with Crippen LogP contribution in [0.15, 0.2) is 34.9 Å². The van der Waals surface area contributed by atoms with Crippen LogP contribution in [0.25, 0.3) is 0 Å². The van der Waals surface area contributed by atoms with Crippen molar-refractivity contribution in [2.45, 2.75) is 55.9 Å². The van der Waals surface area contributed by atoms with E-state index in [1.807, 2.05) is 30.3 Å². The monoisotopic (exact) mass is 444 g/mol. The Hall–Kier alpha value is -2.26. The highest BCUT2D eigenvalue weighted by Gasteiger charge is 2.55. The average molecular weight is 445 g/mol. The second-order valence-corrected chi connectivity index (χ2v) is 11.0. The van der Waals surface area contributed by atoms with Gasteiger partial charge in [0.1, 0.15) is 0 Å². The molecule has 1 aliphatic heterocycles. The molecule has 1 aromatic carbocycles. The standard InChI is InChI=1S/C22H28N4O4S/c1-31(28,29)26(13-10-19-23-20(30-24-19)16-6-5-7-16)18-14-25(15-18)21(27)22(11-12-22)17-8-3-2-4-9-17/h2-4,8-9,16,18H,5-7,10-15H2,1H3. The summed E-state index contributed by atoms with van der Waals surface area (Å²) in [5, 5.41) is 4.02. The number of hydrogen-bond donors (Lipinski definition) is 0. The third kappa shape index (κ3) is 3.89. The Bertz CT molecular complexity index is 1050. The molecule has 0 spiro atoms. The maximum atomic E-state index is 13.1. The highest BCUT2D eigenvalue weighted by molar-refractivity contribution is 7.88. The van der Waals surface area contributed by atoms with Gasteiger partial charge in [0.05, 0.1) is 17.7 Å². The van der Waals surface area contributed by atoms with Gasteiger partial charge in [-0.25, -0.2) is 8.42 Å². The molecule has 2 aliphatic carbocycles. The molecule has 2 heterocycles. The van der Waals surface area contributed by atoms with Crippen LogP contribution in [-0.4, -0.2) is 65.6 Å². The Morgan fingerprint density at radius 3 is 2.52 bits per heavy atom. The van der Waals surface area contributed by atoms with E-state index in [1.54, 1.807) is 4.90 Å². The zero-order valence-electron chi connectivity index (χ0n) is 17.7. The SMILES string of the molecule is CS(=O)(=O)N(CCc1noc(C2CCC2)n1)C1CN(C(=O)C2(c3ccccc3)CC2)C1. The molecule has 1 amide bonds. The van der Waals surface area contributed by atoms with Crippen LogP contribution in [0.4, 0.5) is 0 Å². The maximum Gasteiger partial charge on any atom is 0.233 e. The lowest BCUT2D eigenvalue weighted by Gasteiger charge is -2.45. The van der Waals surface area contributed by atoms with Gasteiger partial charge >= 0.3 is 0 Å². The van der Waals surface area contributed by atoms with E-state index in [4.69, 9.17) is 4.52 Å². The fourth-order valence-corrected chi connectivity index (χ4v) is 5.73. The first-order chi connectivity index (χ1) is 14.9. The van der Waals surface area contributed by atoms with Crippen LogP contribution in [0.3, 0.4) is 0 Å². The molecule has 1 saturated heterocycles. The second kappa shape index (κ2) is 7.70. The predicted molar refractivity (Wildman–Crippen MR) is 114 cm³/mol. The van der Waals surface area contributed by atoms with Gasteiger partial charge in [0.2, 0.25) is 21.8 Å². The summed E-state index contributed by atoms with van der Waals surface area (Å²) in [5.41, 5.74) is 0.646. The Kier molecular flexibility index (Phi) is 5.13. The Morgan fingerprint density at radius 2 is 1.94 bits per heavy atom. The number of carbonyl (C=O) groups excluding carboxylic acids is 1. The molecule has 166 valence electrons. The van der Waals surface area contributed by atoms with Crippen LogP contribution in [0.1, 0.15) is 55.3 Å². The number of nitrogens with zero attached hydrogens (tertiary/aromatic N) is 4. The van der Waals surface area contributed by atoms with E-state index in [2.05, 4.69) is 10.1 Å². The van der Waals surface area contributed by atoms with Gasteiger partial charge in [-0.05, 0) is 31.2 Å². The normalized spacial score (nSPS) is 21.0. The van der Waals surface area contributed by atoms with Gasteiger partial charge in [-0.2, -0.15) is 9.29 Å². The number of likely N-dealkylation sites (tertiary alicyclic amines) is 1. The Labute approximate surface area is 182 Å². The van der Waals surface area contributed by atoms with Crippen LogP contribution in [0.5, 0.6) is 0 Å². The van der Waals surface area contributed by atoms with Gasteiger partial charge < -0.3 is 9.42 Å². The first-order valence-electron chi connectivity index (χ1n) is 11.0. The van der Waals surface area contributed by atoms with Gasteiger partial charge in [0.25, 0.3) is 0 Å². The zero-order chi connectivity index (χ0) is 21.6. The summed E-state index contributed by atoms with van der Waals surface area (Å²) in [6.07, 6.45) is 6.68. The molecule has 1 aromatic heterocycles. The van der Waals surface area contributed by atoms with Gasteiger partial charge in [0, 0.05) is 32.0 Å². The molecule has 2 aromatic rings. The van der Waals surface area contributed by atoms with Crippen LogP contribution in [0.2, 0.25) is 0 Å². The maximum absolute atomic E-state index is 13.1. The molecule has 0 unspecified atom stereocenters. The molecular weight excluding hydrogens is 416 g/mol. The van der Waals surface area contributed by atoms with E-state index in [0.29, 0.717) is 43.7 Å². The van der Waals surface area contributed by atoms with E-state index >= 15 is 0 Å². The van der Waals surface area contributed by atoms with E-state index in [-0.39, 0.29) is 11.9 Å². The van der Waals surface area contributed by atoms with Crippen molar-refractivity contribution < 1.29 is 17.7 Å². The largest absolute Gasteiger partial charge is 0.339 e. The zero-order valence-corrected chi connectivity index (χ0v) is 18.6. The van der Waals surface area contributed by atoms with E-state index in [1.165, 1.54) is 17.0 Å². The number of carbonyl (C=O) groups is 1. The molecule has 5 rings (SSSR count). The van der Waals surface area contributed by atoms with Crippen molar-refractivity contribution in [2.75, 3.05) is 25.9 Å². The van der Waals surface area contributed by atoms with Crippen molar-refractivity contribution in [2.24, 2.45) is 0 Å². The fraction of sp³-hybridized carbons (Fsp3) is 0.591. The topological polar surface area (TPSA) is 96.6 Å². The van der Waals surface area contributed by atoms with Gasteiger partial charge in [-0.15, -0.1) is 0 Å². The summed E-state index contributed by atoms with van der Waals surface area (Å²) in [6, 6.07) is 9.68. The summed E-state index contributed by atoms with van der Waals surface area (Å²) in [5.74, 6) is 1.69. The molecule has 2 saturated carbocycles. The number of sulfonamides is 1. The molecule has 9 heteroatoms. The summed E-state index contributed by atoms with van der Waals surface area (Å²) in [6.45, 7) is 1.15. The number of amides is 1. The van der Waals surface area contributed by atoms with Crippen molar-refractivity contribution in [3.8, 4) is 0 Å². The molecule has 0 N–H and O–H groups in total. The molecule has 0 radical (unpaired) electrons. The molecule has 3 fully saturated rings. The summed E-state index contributed by atoms with van der Waals surface area (Å²) < 4.78 is 31.7. The second-order valence-electron chi connectivity index (χ2n) is 9.11. The summed E-state index contributed by atoms with van der Waals surface area (Å²) in [7, 11) is -3.41. The van der Waals surface area contributed by atoms with Gasteiger partial charge in [-0.3, -0.25) is 4.79 Å². The lowest BCUT2D eigenvalue weighted by Crippen LogP contribution is -2.63. The van der Waals surface area contributed by atoms with E-state index in [0.717, 1.165) is 31.2 Å². The number of benzene rings is 1. The third-order valence-electron chi connectivity index (χ3n) is 6.96. The first-order valence-corrected chi connectivity index (χ1v) is 12.9. The summed E-state index contributed by atoms with van der Waals surface area (Å²) >= 11 is 0. The predicted octanol–water partition coefficient (Wildman–Crippen LogP) is 2.08. The average Bonchev–Trinajstić information content (AvgIpc) is 3.36. The lowest BCUT2D eigenvalue weighted by atomic mass is 9.85. The van der Waals surface area contributed by atoms with Crippen LogP contribution >= 0.6 is 0 Å². The van der Waals surface area contributed by atoms with Crippen molar-refractivity contribution in [1.82, 2.24) is 19.3 Å². The van der Waals surface area contributed by atoms with Crippen LogP contribution in [-0.2, 0) is 26.7 Å². The quantitative estimate of drug-likeness (QED) is 0.619.